The second-order valence-electron chi connectivity index (χ2n) is 15.7. The molecule has 1 saturated heterocycles. The number of aromatic nitrogens is 4. The van der Waals surface area contributed by atoms with Crippen LogP contribution in [0.3, 0.4) is 0 Å². The van der Waals surface area contributed by atoms with Crippen molar-refractivity contribution in [1.82, 2.24) is 33.3 Å². The van der Waals surface area contributed by atoms with E-state index in [9.17, 15) is 18.6 Å². The van der Waals surface area contributed by atoms with Crippen LogP contribution in [0.2, 0.25) is 0 Å². The van der Waals surface area contributed by atoms with E-state index in [4.69, 9.17) is 11.1 Å². The van der Waals surface area contributed by atoms with E-state index in [0.29, 0.717) is 65.3 Å². The van der Waals surface area contributed by atoms with E-state index in [0.717, 1.165) is 61.8 Å². The van der Waals surface area contributed by atoms with Gasteiger partial charge in [-0.05, 0) is 100 Å². The zero-order valence-electron chi connectivity index (χ0n) is 36.0. The van der Waals surface area contributed by atoms with Crippen LogP contribution in [0.25, 0.3) is 16.6 Å². The molecule has 4 aromatic rings. The maximum atomic E-state index is 15.8. The highest BCUT2D eigenvalue weighted by atomic mass is 32.2. The zero-order chi connectivity index (χ0) is 44.4. The summed E-state index contributed by atoms with van der Waals surface area (Å²) in [4.78, 5) is 49.0. The van der Waals surface area contributed by atoms with Gasteiger partial charge in [0.1, 0.15) is 35.8 Å². The number of hydrogen-bond acceptors (Lipinski definition) is 11. The molecule has 5 rings (SSSR count). The summed E-state index contributed by atoms with van der Waals surface area (Å²) in [6.07, 6.45) is 8.62. The van der Waals surface area contributed by atoms with Gasteiger partial charge in [-0.1, -0.05) is 33.3 Å². The lowest BCUT2D eigenvalue weighted by atomic mass is 9.89. The number of likely N-dealkylation sites (tertiary alicyclic amines) is 1. The number of imidazole rings is 1. The van der Waals surface area contributed by atoms with Gasteiger partial charge in [0, 0.05) is 56.5 Å². The third-order valence-corrected chi connectivity index (χ3v) is 12.8. The Hall–Kier alpha value is -5.59. The molecule has 2 atom stereocenters. The Morgan fingerprint density at radius 1 is 1.21 bits per heavy atom. The number of imide groups is 1. The summed E-state index contributed by atoms with van der Waals surface area (Å²) in [7, 11) is 1.91. The molecule has 16 nitrogen and oxygen atoms in total. The molecule has 2 aromatic heterocycles. The highest BCUT2D eigenvalue weighted by molar-refractivity contribution is 7.82. The molecule has 1 fully saturated rings. The van der Waals surface area contributed by atoms with Crippen LogP contribution in [-0.2, 0) is 34.0 Å². The van der Waals surface area contributed by atoms with Crippen LogP contribution < -0.4 is 27.5 Å². The molecule has 61 heavy (non-hydrogen) atoms. The first-order chi connectivity index (χ1) is 29.3. The van der Waals surface area contributed by atoms with Gasteiger partial charge in [0.05, 0.1) is 27.3 Å². The van der Waals surface area contributed by atoms with Gasteiger partial charge in [0.2, 0.25) is 12.3 Å². The molecule has 328 valence electrons. The van der Waals surface area contributed by atoms with E-state index in [1.807, 2.05) is 19.1 Å². The normalized spacial score (nSPS) is 15.4. The van der Waals surface area contributed by atoms with Gasteiger partial charge in [0.25, 0.3) is 0 Å². The number of carbonyl (C=O) groups is 2. The average Bonchev–Trinajstić information content (AvgIpc) is 3.50. The van der Waals surface area contributed by atoms with Gasteiger partial charge >= 0.3 is 5.69 Å². The van der Waals surface area contributed by atoms with E-state index in [1.165, 1.54) is 21.8 Å². The fraction of sp³-hybridized carbons (Fsp3) is 0.465. The van der Waals surface area contributed by atoms with Crippen LogP contribution in [-0.4, -0.2) is 97.4 Å². The minimum atomic E-state index is -1.58. The predicted octanol–water partition coefficient (Wildman–Crippen LogP) is 4.40. The molecular weight excluding hydrogens is 800 g/mol. The van der Waals surface area contributed by atoms with Gasteiger partial charge in [-0.25, -0.2) is 32.4 Å². The van der Waals surface area contributed by atoms with Gasteiger partial charge in [-0.2, -0.15) is 5.10 Å². The minimum absolute atomic E-state index is 0.00170. The van der Waals surface area contributed by atoms with Gasteiger partial charge in [-0.15, -0.1) is 0 Å². The lowest BCUT2D eigenvalue weighted by Crippen LogP contribution is -2.36. The van der Waals surface area contributed by atoms with Crippen molar-refractivity contribution in [2.24, 2.45) is 28.8 Å². The van der Waals surface area contributed by atoms with Gasteiger partial charge < -0.3 is 21.4 Å². The number of allylic oxidation sites excluding steroid dienone is 1. The smallest absolute Gasteiger partial charge is 0.329 e. The number of hydrogen-bond donors (Lipinski definition) is 4. The Bertz CT molecular complexity index is 2430. The number of rotatable bonds is 20. The van der Waals surface area contributed by atoms with E-state index in [-0.39, 0.29) is 29.5 Å². The number of nitrogens with two attached hydrogens (primary N) is 1. The molecule has 1 aliphatic rings. The molecule has 1 aliphatic heterocycles. The van der Waals surface area contributed by atoms with Gasteiger partial charge in [-0.3, -0.25) is 24.0 Å². The number of nitrogens with one attached hydrogen (secondary N) is 3. The number of nitrogens with zero attached hydrogens (tertiary/aromatic N) is 8. The number of halogens is 1. The lowest BCUT2D eigenvalue weighted by Gasteiger charge is -2.32. The zero-order valence-corrected chi connectivity index (χ0v) is 36.8. The topological polar surface area (TPSA) is 201 Å². The molecule has 0 spiro atoms. The number of fused-ring (bicyclic) bond motifs is 1. The summed E-state index contributed by atoms with van der Waals surface area (Å²) >= 11 is 0. The number of carbonyl (C=O) groups excluding carboxylic acids is 2. The van der Waals surface area contributed by atoms with E-state index < -0.39 is 28.8 Å². The van der Waals surface area contributed by atoms with Crippen molar-refractivity contribution in [2.75, 3.05) is 45.2 Å². The molecule has 0 bridgehead atoms. The van der Waals surface area contributed by atoms with Crippen LogP contribution in [0, 0.1) is 24.1 Å². The highest BCUT2D eigenvalue weighted by Gasteiger charge is 2.27. The summed E-state index contributed by atoms with van der Waals surface area (Å²) in [5, 5.41) is 17.1. The van der Waals surface area contributed by atoms with Crippen LogP contribution >= 0.6 is 0 Å². The largest absolute Gasteiger partial charge is 0.404 e. The Balaban J connectivity index is 1.17. The first-order valence-corrected chi connectivity index (χ1v) is 21.7. The minimum Gasteiger partial charge on any atom is -0.404 e. The fourth-order valence-corrected chi connectivity index (χ4v) is 9.16. The van der Waals surface area contributed by atoms with Crippen molar-refractivity contribution >= 4 is 58.5 Å². The molecular formula is C43H59FN12O4S. The Morgan fingerprint density at radius 3 is 2.59 bits per heavy atom. The fourth-order valence-electron chi connectivity index (χ4n) is 7.99. The first kappa shape index (κ1) is 46.5. The molecule has 0 radical (unpaired) electrons. The van der Waals surface area contributed by atoms with Crippen molar-refractivity contribution in [1.29, 1.82) is 5.41 Å². The SMILES string of the molecule is C=Nn1cnc(/C(C=N)=C/N)c(CC(C)C)/c1=N/CNc1ccc(S(=O)N(C)CCCN2CCC(c3ccc4c(c3)n(C)c(=O)n4C(CCC)C(=O)NC=O)CC2)c(C)c1F. The third kappa shape index (κ3) is 10.5. The summed E-state index contributed by atoms with van der Waals surface area (Å²) < 4.78 is 35.6. The molecule has 0 aliphatic carbocycles. The Morgan fingerprint density at radius 2 is 1.95 bits per heavy atom. The molecule has 18 heteroatoms. The van der Waals surface area contributed by atoms with Crippen LogP contribution in [0.5, 0.6) is 0 Å². The number of piperidine rings is 1. The Labute approximate surface area is 358 Å². The van der Waals surface area contributed by atoms with Crippen LogP contribution in [0.15, 0.2) is 62.6 Å². The molecule has 5 N–H and O–H groups in total. The van der Waals surface area contributed by atoms with Crippen LogP contribution in [0.4, 0.5) is 10.1 Å². The quantitative estimate of drug-likeness (QED) is 0.0740. The van der Waals surface area contributed by atoms with Crippen molar-refractivity contribution in [3.05, 3.63) is 87.0 Å². The number of amides is 2. The molecule has 2 amide bonds. The van der Waals surface area contributed by atoms with E-state index in [2.05, 4.69) is 57.2 Å². The average molecular weight is 859 g/mol. The van der Waals surface area contributed by atoms with Crippen molar-refractivity contribution in [3.63, 3.8) is 0 Å². The third-order valence-electron chi connectivity index (χ3n) is 11.2. The summed E-state index contributed by atoms with van der Waals surface area (Å²) in [6.45, 7) is 14.5. The number of aryl methyl sites for hydroxylation is 1. The standard InChI is InChI=1S/C43H59FN12O4S/c1-8-10-36(42(58)51-27-57)56-35-13-11-31(22-37(35)53(7)43(56)59)30-15-19-54(20-16-30)18-9-17-52(6)61(60)38-14-12-34(39(44)29(38)4)48-25-49-41-33(21-28(2)3)40(32(23-45)24-46)50-26-55(41)47-5/h11-14,22-24,26-28,30,36,45,48H,5,8-10,15-21,25,46H2,1-4,6-7H3,(H,51,57,58)/b32-24+,45-23?,49-41-. The number of anilines is 1. The van der Waals surface area contributed by atoms with Crippen LogP contribution in [0.1, 0.15) is 87.2 Å². The number of benzene rings is 2. The lowest BCUT2D eigenvalue weighted by molar-refractivity contribution is -0.128. The van der Waals surface area contributed by atoms with Crippen molar-refractivity contribution in [2.45, 2.75) is 83.1 Å². The maximum absolute atomic E-state index is 15.8. The van der Waals surface area contributed by atoms with E-state index in [1.54, 1.807) is 42.0 Å². The summed E-state index contributed by atoms with van der Waals surface area (Å²) in [5.74, 6) is -0.463. The maximum Gasteiger partial charge on any atom is 0.329 e. The van der Waals surface area contributed by atoms with Gasteiger partial charge in [0.15, 0.2) is 5.49 Å². The predicted molar refractivity (Wildman–Crippen MR) is 239 cm³/mol. The summed E-state index contributed by atoms with van der Waals surface area (Å²) in [5.41, 5.74) is 10.7. The molecule has 2 unspecified atom stereocenters. The monoisotopic (exact) mass is 858 g/mol. The first-order valence-electron chi connectivity index (χ1n) is 20.6. The second-order valence-corrected chi connectivity index (χ2v) is 17.3. The molecule has 3 heterocycles. The molecule has 2 aromatic carbocycles. The van der Waals surface area contributed by atoms with E-state index >= 15 is 4.39 Å². The molecule has 0 saturated carbocycles. The van der Waals surface area contributed by atoms with Crippen molar-refractivity contribution in [3.8, 4) is 0 Å². The highest BCUT2D eigenvalue weighted by Crippen LogP contribution is 2.31. The summed E-state index contributed by atoms with van der Waals surface area (Å²) in [6, 6.07) is 8.48. The second kappa shape index (κ2) is 21.3. The van der Waals surface area contributed by atoms with Crippen molar-refractivity contribution < 1.29 is 18.2 Å². The Kier molecular flexibility index (Phi) is 16.2.